The van der Waals surface area contributed by atoms with Crippen molar-refractivity contribution < 1.29 is 13.3 Å². The first kappa shape index (κ1) is 23.9. The topological polar surface area (TPSA) is 114 Å². The molecular formula is C25H19ClN4O4S. The molecule has 0 aliphatic rings. The zero-order valence-electron chi connectivity index (χ0n) is 18.1. The lowest BCUT2D eigenvalue weighted by molar-refractivity contribution is -0.384. The Kier molecular flexibility index (Phi) is 7.09. The number of nitro benzene ring substituents is 1. The maximum Gasteiger partial charge on any atom is 0.295 e. The molecule has 35 heavy (non-hydrogen) atoms. The molecule has 4 rings (SSSR count). The Labute approximate surface area is 207 Å². The van der Waals surface area contributed by atoms with Crippen molar-refractivity contribution in [3.8, 4) is 11.1 Å². The molecule has 0 saturated carbocycles. The lowest BCUT2D eigenvalue weighted by Crippen LogP contribution is -2.13. The average Bonchev–Trinajstić information content (AvgIpc) is 2.86. The van der Waals surface area contributed by atoms with Gasteiger partial charge in [0.2, 0.25) is 0 Å². The minimum Gasteiger partial charge on any atom is -0.280 e. The van der Waals surface area contributed by atoms with Gasteiger partial charge in [0.1, 0.15) is 5.69 Å². The number of sulfonamides is 1. The monoisotopic (exact) mass is 506 g/mol. The van der Waals surface area contributed by atoms with Crippen LogP contribution in [0, 0.1) is 10.1 Å². The molecule has 8 nitrogen and oxygen atoms in total. The summed E-state index contributed by atoms with van der Waals surface area (Å²) in [5.74, 6) is 0. The SMILES string of the molecule is O=[N+]([O-])c1cc(S(=O)(=O)Nc2ccc(Cl)cc2)ccc1NN=Cc1ccc(-c2ccccc2)cc1. The molecule has 0 aliphatic heterocycles. The molecule has 4 aromatic carbocycles. The van der Waals surface area contributed by atoms with E-state index in [1.807, 2.05) is 54.6 Å². The maximum absolute atomic E-state index is 12.7. The van der Waals surface area contributed by atoms with Gasteiger partial charge in [-0.05, 0) is 53.1 Å². The molecule has 0 aliphatic carbocycles. The molecule has 0 saturated heterocycles. The van der Waals surface area contributed by atoms with Crippen molar-refractivity contribution in [1.29, 1.82) is 0 Å². The number of rotatable bonds is 8. The second-order valence-electron chi connectivity index (χ2n) is 7.41. The summed E-state index contributed by atoms with van der Waals surface area (Å²) in [4.78, 5) is 10.7. The zero-order chi connectivity index (χ0) is 24.8. The molecule has 2 N–H and O–H groups in total. The van der Waals surface area contributed by atoms with Crippen LogP contribution in [0.25, 0.3) is 11.1 Å². The van der Waals surface area contributed by atoms with E-state index in [0.29, 0.717) is 5.02 Å². The first-order valence-electron chi connectivity index (χ1n) is 10.3. The summed E-state index contributed by atoms with van der Waals surface area (Å²) < 4.78 is 27.7. The van der Waals surface area contributed by atoms with E-state index in [2.05, 4.69) is 15.2 Å². The average molecular weight is 507 g/mol. The second kappa shape index (κ2) is 10.4. The molecule has 0 radical (unpaired) electrons. The predicted molar refractivity (Wildman–Crippen MR) is 138 cm³/mol. The smallest absolute Gasteiger partial charge is 0.280 e. The van der Waals surface area contributed by atoms with Gasteiger partial charge < -0.3 is 0 Å². The molecule has 0 amide bonds. The van der Waals surface area contributed by atoms with Crippen LogP contribution < -0.4 is 10.1 Å². The van der Waals surface area contributed by atoms with E-state index in [-0.39, 0.29) is 16.3 Å². The van der Waals surface area contributed by atoms with Crippen LogP contribution in [0.15, 0.2) is 107 Å². The molecule has 0 unspecified atom stereocenters. The fourth-order valence-electron chi connectivity index (χ4n) is 3.22. The fourth-order valence-corrected chi connectivity index (χ4v) is 4.43. The van der Waals surface area contributed by atoms with Crippen LogP contribution in [-0.2, 0) is 10.0 Å². The van der Waals surface area contributed by atoms with Gasteiger partial charge in [-0.3, -0.25) is 20.3 Å². The molecule has 0 spiro atoms. The van der Waals surface area contributed by atoms with Gasteiger partial charge in [-0.1, -0.05) is 66.2 Å². The number of hydrogen-bond acceptors (Lipinski definition) is 6. The lowest BCUT2D eigenvalue weighted by Gasteiger charge is -2.09. The van der Waals surface area contributed by atoms with Crippen molar-refractivity contribution in [3.05, 3.63) is 118 Å². The standard InChI is InChI=1S/C25H19ClN4O4S/c26-21-10-12-22(13-11-21)29-35(33,34)23-14-15-24(25(16-23)30(31)32)28-27-17-18-6-8-20(9-7-18)19-4-2-1-3-5-19/h1-17,28-29H. The van der Waals surface area contributed by atoms with E-state index in [1.54, 1.807) is 0 Å². The number of nitro groups is 1. The quantitative estimate of drug-likeness (QED) is 0.169. The van der Waals surface area contributed by atoms with Crippen LogP contribution >= 0.6 is 11.6 Å². The molecule has 0 aromatic heterocycles. The van der Waals surface area contributed by atoms with E-state index >= 15 is 0 Å². The summed E-state index contributed by atoms with van der Waals surface area (Å²) in [5.41, 5.74) is 5.45. The number of hydrogen-bond donors (Lipinski definition) is 2. The van der Waals surface area contributed by atoms with E-state index in [1.165, 1.54) is 42.6 Å². The van der Waals surface area contributed by atoms with Crippen LogP contribution in [0.4, 0.5) is 17.1 Å². The van der Waals surface area contributed by atoms with Gasteiger partial charge in [-0.15, -0.1) is 0 Å². The number of hydrazone groups is 1. The van der Waals surface area contributed by atoms with Crippen molar-refractivity contribution in [3.63, 3.8) is 0 Å². The van der Waals surface area contributed by atoms with Crippen LogP contribution in [-0.4, -0.2) is 19.6 Å². The van der Waals surface area contributed by atoms with Crippen LogP contribution in [0.3, 0.4) is 0 Å². The van der Waals surface area contributed by atoms with Crippen LogP contribution in [0.1, 0.15) is 5.56 Å². The van der Waals surface area contributed by atoms with Gasteiger partial charge in [0.05, 0.1) is 16.0 Å². The van der Waals surface area contributed by atoms with Gasteiger partial charge in [-0.25, -0.2) is 8.42 Å². The largest absolute Gasteiger partial charge is 0.295 e. The molecule has 0 fully saturated rings. The Morgan fingerprint density at radius 2 is 1.51 bits per heavy atom. The summed E-state index contributed by atoms with van der Waals surface area (Å²) in [5, 5.41) is 16.1. The third-order valence-electron chi connectivity index (χ3n) is 4.99. The molecule has 0 bridgehead atoms. The number of anilines is 2. The Morgan fingerprint density at radius 3 is 2.17 bits per heavy atom. The maximum atomic E-state index is 12.7. The van der Waals surface area contributed by atoms with Crippen molar-refractivity contribution in [2.24, 2.45) is 5.10 Å². The molecule has 4 aromatic rings. The first-order chi connectivity index (χ1) is 16.8. The van der Waals surface area contributed by atoms with Crippen LogP contribution in [0.5, 0.6) is 0 Å². The molecular weight excluding hydrogens is 488 g/mol. The Balaban J connectivity index is 1.49. The summed E-state index contributed by atoms with van der Waals surface area (Å²) in [6.45, 7) is 0. The van der Waals surface area contributed by atoms with Gasteiger partial charge >= 0.3 is 0 Å². The van der Waals surface area contributed by atoms with Gasteiger partial charge in [0, 0.05) is 16.8 Å². The fraction of sp³-hybridized carbons (Fsp3) is 0. The van der Waals surface area contributed by atoms with E-state index in [4.69, 9.17) is 11.6 Å². The summed E-state index contributed by atoms with van der Waals surface area (Å²) >= 11 is 5.82. The normalized spacial score (nSPS) is 11.3. The highest BCUT2D eigenvalue weighted by molar-refractivity contribution is 7.92. The highest BCUT2D eigenvalue weighted by atomic mass is 35.5. The molecule has 176 valence electrons. The van der Waals surface area contributed by atoms with E-state index < -0.39 is 20.6 Å². The van der Waals surface area contributed by atoms with E-state index in [0.717, 1.165) is 22.8 Å². The zero-order valence-corrected chi connectivity index (χ0v) is 19.7. The van der Waals surface area contributed by atoms with Crippen molar-refractivity contribution >= 4 is 44.9 Å². The van der Waals surface area contributed by atoms with Gasteiger partial charge in [0.15, 0.2) is 0 Å². The lowest BCUT2D eigenvalue weighted by atomic mass is 10.0. The summed E-state index contributed by atoms with van der Waals surface area (Å²) in [6, 6.07) is 27.1. The van der Waals surface area contributed by atoms with E-state index in [9.17, 15) is 18.5 Å². The minimum absolute atomic E-state index is 0.0533. The number of nitrogens with zero attached hydrogens (tertiary/aromatic N) is 2. The third kappa shape index (κ3) is 6.03. The third-order valence-corrected chi connectivity index (χ3v) is 6.62. The number of benzene rings is 4. The van der Waals surface area contributed by atoms with Crippen molar-refractivity contribution in [2.45, 2.75) is 4.90 Å². The van der Waals surface area contributed by atoms with Gasteiger partial charge in [-0.2, -0.15) is 5.10 Å². The van der Waals surface area contributed by atoms with Gasteiger partial charge in [0.25, 0.3) is 15.7 Å². The van der Waals surface area contributed by atoms with Crippen LogP contribution in [0.2, 0.25) is 5.02 Å². The molecule has 0 heterocycles. The molecule has 0 atom stereocenters. The second-order valence-corrected chi connectivity index (χ2v) is 9.53. The van der Waals surface area contributed by atoms with Crippen molar-refractivity contribution in [2.75, 3.05) is 10.1 Å². The van der Waals surface area contributed by atoms with Crippen molar-refractivity contribution in [1.82, 2.24) is 0 Å². The number of halogens is 1. The highest BCUT2D eigenvalue weighted by Crippen LogP contribution is 2.29. The predicted octanol–water partition coefficient (Wildman–Crippen LogP) is 6.16. The Bertz CT molecular complexity index is 1470. The molecule has 10 heteroatoms. The number of nitrogens with one attached hydrogen (secondary N) is 2. The first-order valence-corrected chi connectivity index (χ1v) is 12.2. The Hall–Kier alpha value is -4.21. The Morgan fingerprint density at radius 1 is 0.857 bits per heavy atom. The highest BCUT2D eigenvalue weighted by Gasteiger charge is 2.21. The minimum atomic E-state index is -4.05. The summed E-state index contributed by atoms with van der Waals surface area (Å²) in [7, 11) is -4.05. The summed E-state index contributed by atoms with van der Waals surface area (Å²) in [6.07, 6.45) is 1.52.